The average Bonchev–Trinajstić information content (AvgIpc) is 2.71. The topological polar surface area (TPSA) is 171 Å². The summed E-state index contributed by atoms with van der Waals surface area (Å²) >= 11 is 0. The zero-order valence-corrected chi connectivity index (χ0v) is 20.7. The molecule has 0 aromatic heterocycles. The molecule has 0 saturated heterocycles. The van der Waals surface area contributed by atoms with E-state index in [1.807, 2.05) is 13.8 Å². The predicted molar refractivity (Wildman–Crippen MR) is 123 cm³/mol. The van der Waals surface area contributed by atoms with Crippen molar-refractivity contribution in [2.75, 3.05) is 6.54 Å². The second-order valence-corrected chi connectivity index (χ2v) is 10.2. The van der Waals surface area contributed by atoms with E-state index < -0.39 is 35.7 Å². The van der Waals surface area contributed by atoms with E-state index in [1.165, 1.54) is 0 Å². The molecule has 0 bridgehead atoms. The smallest absolute Gasteiger partial charge is 0.408 e. The minimum Gasteiger partial charge on any atom is -0.481 e. The van der Waals surface area contributed by atoms with Gasteiger partial charge in [-0.05, 0) is 64.7 Å². The number of rotatable bonds is 11. The number of hydrogen-bond acceptors (Lipinski definition) is 6. The molecule has 1 rings (SSSR count). The van der Waals surface area contributed by atoms with Gasteiger partial charge in [-0.3, -0.25) is 14.4 Å². The zero-order chi connectivity index (χ0) is 26.1. The molecule has 11 heteroatoms. The molecule has 0 aromatic carbocycles. The highest BCUT2D eigenvalue weighted by atomic mass is 16.6. The van der Waals surface area contributed by atoms with Gasteiger partial charge in [0.15, 0.2) is 0 Å². The summed E-state index contributed by atoms with van der Waals surface area (Å²) in [5, 5.41) is 25.9. The quantitative estimate of drug-likeness (QED) is 0.295. The summed E-state index contributed by atoms with van der Waals surface area (Å²) in [6, 6.07) is -1.97. The van der Waals surface area contributed by atoms with Crippen LogP contribution in [0.2, 0.25) is 0 Å². The van der Waals surface area contributed by atoms with Crippen LogP contribution in [0.15, 0.2) is 0 Å². The van der Waals surface area contributed by atoms with Crippen molar-refractivity contribution < 1.29 is 38.9 Å². The van der Waals surface area contributed by atoms with Crippen molar-refractivity contribution in [3.63, 3.8) is 0 Å². The van der Waals surface area contributed by atoms with Crippen LogP contribution in [0.1, 0.15) is 73.1 Å². The fraction of sp³-hybridized carbons (Fsp3) is 0.783. The maximum atomic E-state index is 12.7. The van der Waals surface area contributed by atoms with E-state index >= 15 is 0 Å². The largest absolute Gasteiger partial charge is 0.481 e. The zero-order valence-electron chi connectivity index (χ0n) is 20.7. The average molecular weight is 486 g/mol. The number of nitrogens with one attached hydrogen (secondary N) is 3. The molecule has 1 aliphatic carbocycles. The lowest BCUT2D eigenvalue weighted by atomic mass is 9.81. The van der Waals surface area contributed by atoms with Crippen molar-refractivity contribution >= 4 is 29.8 Å². The highest BCUT2D eigenvalue weighted by Gasteiger charge is 2.31. The molecular weight excluding hydrogens is 446 g/mol. The van der Waals surface area contributed by atoms with Gasteiger partial charge in [0, 0.05) is 18.9 Å². The molecule has 1 aliphatic rings. The molecule has 0 aromatic rings. The molecule has 34 heavy (non-hydrogen) atoms. The molecule has 2 atom stereocenters. The van der Waals surface area contributed by atoms with Gasteiger partial charge in [-0.2, -0.15) is 0 Å². The number of hydrogen-bond donors (Lipinski definition) is 5. The van der Waals surface area contributed by atoms with Crippen molar-refractivity contribution in [1.29, 1.82) is 0 Å². The Bertz CT molecular complexity index is 739. The summed E-state index contributed by atoms with van der Waals surface area (Å²) in [4.78, 5) is 59.1. The Kier molecular flexibility index (Phi) is 11.3. The van der Waals surface area contributed by atoms with Gasteiger partial charge in [0.1, 0.15) is 17.7 Å². The molecule has 0 radical (unpaired) electrons. The summed E-state index contributed by atoms with van der Waals surface area (Å²) < 4.78 is 5.23. The Hall–Kier alpha value is -2.85. The van der Waals surface area contributed by atoms with Crippen LogP contribution in [0.25, 0.3) is 0 Å². The van der Waals surface area contributed by atoms with Crippen LogP contribution >= 0.6 is 0 Å². The van der Waals surface area contributed by atoms with Crippen LogP contribution in [0, 0.1) is 17.8 Å². The van der Waals surface area contributed by atoms with Crippen LogP contribution in [-0.2, 0) is 23.9 Å². The molecule has 0 spiro atoms. The van der Waals surface area contributed by atoms with Crippen molar-refractivity contribution in [3.8, 4) is 0 Å². The molecular formula is C23H39N3O8. The summed E-state index contributed by atoms with van der Waals surface area (Å²) in [5.74, 6) is -3.41. The van der Waals surface area contributed by atoms with Gasteiger partial charge < -0.3 is 30.9 Å². The van der Waals surface area contributed by atoms with Gasteiger partial charge in [-0.25, -0.2) is 9.59 Å². The molecule has 11 nitrogen and oxygen atoms in total. The first-order valence-corrected chi connectivity index (χ1v) is 11.7. The van der Waals surface area contributed by atoms with E-state index in [4.69, 9.17) is 9.84 Å². The fourth-order valence-electron chi connectivity index (χ4n) is 3.77. The lowest BCUT2D eigenvalue weighted by molar-refractivity contribution is -0.144. The van der Waals surface area contributed by atoms with Crippen molar-refractivity contribution in [2.24, 2.45) is 17.8 Å². The third-order valence-corrected chi connectivity index (χ3v) is 5.67. The van der Waals surface area contributed by atoms with Gasteiger partial charge in [0.05, 0.1) is 0 Å². The minimum absolute atomic E-state index is 0.143. The first-order valence-electron chi connectivity index (χ1n) is 11.7. The first kappa shape index (κ1) is 29.2. The number of carbonyl (C=O) groups excluding carboxylic acids is 3. The number of carbonyl (C=O) groups is 5. The van der Waals surface area contributed by atoms with Crippen LogP contribution < -0.4 is 16.0 Å². The molecule has 3 amide bonds. The molecule has 1 saturated carbocycles. The predicted octanol–water partition coefficient (Wildman–Crippen LogP) is 1.89. The Labute approximate surface area is 200 Å². The van der Waals surface area contributed by atoms with Crippen molar-refractivity contribution in [3.05, 3.63) is 0 Å². The maximum Gasteiger partial charge on any atom is 0.408 e. The number of aliphatic carboxylic acids is 2. The first-order chi connectivity index (χ1) is 15.7. The number of carboxylic acids is 2. The van der Waals surface area contributed by atoms with Crippen LogP contribution in [0.3, 0.4) is 0 Å². The second-order valence-electron chi connectivity index (χ2n) is 10.2. The van der Waals surface area contributed by atoms with E-state index in [0.29, 0.717) is 32.2 Å². The van der Waals surface area contributed by atoms with Gasteiger partial charge in [-0.15, -0.1) is 0 Å². The third-order valence-electron chi connectivity index (χ3n) is 5.67. The normalized spacial score (nSPS) is 20.1. The highest BCUT2D eigenvalue weighted by Crippen LogP contribution is 2.28. The lowest BCUT2D eigenvalue weighted by Gasteiger charge is -2.30. The Morgan fingerprint density at radius 1 is 0.971 bits per heavy atom. The Morgan fingerprint density at radius 2 is 1.56 bits per heavy atom. The molecule has 0 heterocycles. The van der Waals surface area contributed by atoms with Crippen molar-refractivity contribution in [2.45, 2.75) is 90.8 Å². The summed E-state index contributed by atoms with van der Waals surface area (Å²) in [7, 11) is 0. The summed E-state index contributed by atoms with van der Waals surface area (Å²) in [6.45, 7) is 9.28. The number of carboxylic acid groups (broad SMARTS) is 2. The summed E-state index contributed by atoms with van der Waals surface area (Å²) in [5.41, 5.74) is -0.673. The van der Waals surface area contributed by atoms with E-state index in [2.05, 4.69) is 16.0 Å². The van der Waals surface area contributed by atoms with Gasteiger partial charge in [-0.1, -0.05) is 13.8 Å². The Balaban J connectivity index is 2.50. The van der Waals surface area contributed by atoms with Gasteiger partial charge in [0.2, 0.25) is 11.8 Å². The van der Waals surface area contributed by atoms with Gasteiger partial charge in [0.25, 0.3) is 0 Å². The van der Waals surface area contributed by atoms with Gasteiger partial charge >= 0.3 is 18.0 Å². The van der Waals surface area contributed by atoms with Crippen LogP contribution in [0.5, 0.6) is 0 Å². The van der Waals surface area contributed by atoms with Crippen LogP contribution in [0.4, 0.5) is 4.79 Å². The number of amides is 3. The standard InChI is InChI=1S/C23H39N3O8/c1-13(2)18(26-22(33)34-23(3,4)5)20(30)24-12-14-6-8-15(9-7-14)19(29)25-16(21(31)32)10-11-17(27)28/h13-16,18H,6-12H2,1-5H3,(H,24,30)(H,25,29)(H,26,33)(H,27,28)(H,31,32). The molecule has 5 N–H and O–H groups in total. The third kappa shape index (κ3) is 10.8. The van der Waals surface area contributed by atoms with Crippen LogP contribution in [-0.4, -0.2) is 64.3 Å². The maximum absolute atomic E-state index is 12.7. The van der Waals surface area contributed by atoms with E-state index in [0.717, 1.165) is 0 Å². The van der Waals surface area contributed by atoms with E-state index in [9.17, 15) is 29.1 Å². The highest BCUT2D eigenvalue weighted by molar-refractivity contribution is 5.86. The number of alkyl carbamates (subject to hydrolysis) is 1. The van der Waals surface area contributed by atoms with Crippen molar-refractivity contribution in [1.82, 2.24) is 16.0 Å². The molecule has 0 aliphatic heterocycles. The van der Waals surface area contributed by atoms with E-state index in [1.54, 1.807) is 20.8 Å². The Morgan fingerprint density at radius 3 is 2.03 bits per heavy atom. The SMILES string of the molecule is CC(C)C(NC(=O)OC(C)(C)C)C(=O)NCC1CCC(C(=O)NC(CCC(=O)O)C(=O)O)CC1. The monoisotopic (exact) mass is 485 g/mol. The molecule has 1 fully saturated rings. The fourth-order valence-corrected chi connectivity index (χ4v) is 3.77. The summed E-state index contributed by atoms with van der Waals surface area (Å²) in [6.07, 6.45) is 1.27. The lowest BCUT2D eigenvalue weighted by Crippen LogP contribution is -2.51. The number of ether oxygens (including phenoxy) is 1. The second kappa shape index (κ2) is 13.1. The minimum atomic E-state index is -1.26. The van der Waals surface area contributed by atoms with E-state index in [-0.39, 0.29) is 42.4 Å². The molecule has 194 valence electrons. The molecule has 2 unspecified atom stereocenters.